The molecule has 0 bridgehead atoms. The number of nitrogens with zero attached hydrogens (tertiary/aromatic N) is 3. The first-order chi connectivity index (χ1) is 10.7. The molecule has 0 spiro atoms. The van der Waals surface area contributed by atoms with Crippen LogP contribution in [0.5, 0.6) is 0 Å². The third-order valence-electron chi connectivity index (χ3n) is 5.37. The van der Waals surface area contributed by atoms with Crippen molar-refractivity contribution in [2.45, 2.75) is 64.1 Å². The molecule has 1 aromatic heterocycles. The summed E-state index contributed by atoms with van der Waals surface area (Å²) in [6.07, 6.45) is 9.19. The lowest BCUT2D eigenvalue weighted by molar-refractivity contribution is -0.132. The molecule has 3 atom stereocenters. The summed E-state index contributed by atoms with van der Waals surface area (Å²) >= 11 is 0. The number of hydrogen-bond acceptors (Lipinski definition) is 3. The lowest BCUT2D eigenvalue weighted by Crippen LogP contribution is -2.48. The molecule has 2 saturated heterocycles. The third-order valence-corrected chi connectivity index (χ3v) is 5.37. The van der Waals surface area contributed by atoms with E-state index in [1.54, 1.807) is 0 Å². The van der Waals surface area contributed by atoms with Gasteiger partial charge in [0.2, 0.25) is 5.91 Å². The van der Waals surface area contributed by atoms with E-state index in [1.165, 1.54) is 18.4 Å². The maximum atomic E-state index is 12.2. The minimum Gasteiger partial charge on any atom is -0.338 e. The van der Waals surface area contributed by atoms with Gasteiger partial charge in [-0.1, -0.05) is 13.0 Å². The van der Waals surface area contributed by atoms with Crippen LogP contribution in [-0.4, -0.2) is 45.9 Å². The van der Waals surface area contributed by atoms with Gasteiger partial charge in [0, 0.05) is 43.5 Å². The molecule has 2 fully saturated rings. The quantitative estimate of drug-likeness (QED) is 0.858. The number of carbonyl (C=O) groups excluding carboxylic acids is 1. The summed E-state index contributed by atoms with van der Waals surface area (Å²) < 4.78 is 0. The third kappa shape index (κ3) is 2.89. The molecule has 3 rings (SSSR count). The number of hydrogen-bond donors (Lipinski definition) is 0. The van der Waals surface area contributed by atoms with Gasteiger partial charge in [0.05, 0.1) is 0 Å². The van der Waals surface area contributed by atoms with E-state index in [1.807, 2.05) is 25.4 Å². The van der Waals surface area contributed by atoms with E-state index in [4.69, 9.17) is 0 Å². The van der Waals surface area contributed by atoms with Crippen LogP contribution in [-0.2, 0) is 4.79 Å². The zero-order chi connectivity index (χ0) is 15.5. The van der Waals surface area contributed by atoms with Crippen LogP contribution in [0.2, 0.25) is 0 Å². The van der Waals surface area contributed by atoms with Crippen LogP contribution in [0.25, 0.3) is 0 Å². The highest BCUT2D eigenvalue weighted by molar-refractivity contribution is 5.76. The van der Waals surface area contributed by atoms with Crippen LogP contribution in [0.3, 0.4) is 0 Å². The fourth-order valence-electron chi connectivity index (χ4n) is 4.23. The van der Waals surface area contributed by atoms with E-state index in [-0.39, 0.29) is 0 Å². The molecule has 120 valence electrons. The smallest absolute Gasteiger partial charge is 0.222 e. The van der Waals surface area contributed by atoms with Crippen LogP contribution in [0.15, 0.2) is 24.5 Å². The topological polar surface area (TPSA) is 36.4 Å². The van der Waals surface area contributed by atoms with Crippen molar-refractivity contribution in [2.24, 2.45) is 0 Å². The fraction of sp³-hybridized carbons (Fsp3) is 0.667. The van der Waals surface area contributed by atoms with Gasteiger partial charge in [0.15, 0.2) is 0 Å². The Labute approximate surface area is 133 Å². The minimum atomic E-state index is 0.323. The van der Waals surface area contributed by atoms with E-state index in [2.05, 4.69) is 27.8 Å². The molecule has 3 heterocycles. The molecule has 0 radical (unpaired) electrons. The Hall–Kier alpha value is -1.42. The molecule has 0 aliphatic carbocycles. The van der Waals surface area contributed by atoms with Crippen molar-refractivity contribution in [1.29, 1.82) is 0 Å². The van der Waals surface area contributed by atoms with Gasteiger partial charge in [0.1, 0.15) is 0 Å². The van der Waals surface area contributed by atoms with Crippen molar-refractivity contribution in [3.63, 3.8) is 0 Å². The van der Waals surface area contributed by atoms with E-state index in [0.717, 1.165) is 25.9 Å². The first-order valence-corrected chi connectivity index (χ1v) is 8.67. The van der Waals surface area contributed by atoms with E-state index in [9.17, 15) is 4.79 Å². The lowest BCUT2D eigenvalue weighted by Gasteiger charge is -2.38. The summed E-state index contributed by atoms with van der Waals surface area (Å²) in [6.45, 7) is 6.33. The summed E-state index contributed by atoms with van der Waals surface area (Å²) in [5, 5.41) is 0. The maximum Gasteiger partial charge on any atom is 0.222 e. The molecule has 4 nitrogen and oxygen atoms in total. The van der Waals surface area contributed by atoms with Crippen LogP contribution in [0, 0.1) is 0 Å². The SMILES string of the molecule is CCC(=O)N1CCC[C@@H]1[C@@H]1CCCN1[C@@H](C)c1cccnc1. The Kier molecular flexibility index (Phi) is 4.77. The second-order valence-corrected chi connectivity index (χ2v) is 6.56. The van der Waals surface area contributed by atoms with Gasteiger partial charge in [-0.2, -0.15) is 0 Å². The van der Waals surface area contributed by atoms with Crippen molar-refractivity contribution in [1.82, 2.24) is 14.8 Å². The Morgan fingerprint density at radius 1 is 1.32 bits per heavy atom. The predicted molar refractivity (Wildman–Crippen MR) is 87.4 cm³/mol. The Morgan fingerprint density at radius 3 is 2.82 bits per heavy atom. The molecule has 0 unspecified atom stereocenters. The van der Waals surface area contributed by atoms with Crippen molar-refractivity contribution >= 4 is 5.91 Å². The number of likely N-dealkylation sites (tertiary alicyclic amines) is 2. The molecule has 2 aliphatic heterocycles. The van der Waals surface area contributed by atoms with E-state index >= 15 is 0 Å². The molecular weight excluding hydrogens is 274 g/mol. The summed E-state index contributed by atoms with van der Waals surface area (Å²) in [7, 11) is 0. The van der Waals surface area contributed by atoms with Crippen molar-refractivity contribution in [2.75, 3.05) is 13.1 Å². The first kappa shape index (κ1) is 15.5. The lowest BCUT2D eigenvalue weighted by atomic mass is 10.00. The van der Waals surface area contributed by atoms with Crippen LogP contribution in [0.1, 0.15) is 57.6 Å². The van der Waals surface area contributed by atoms with Crippen LogP contribution in [0.4, 0.5) is 0 Å². The zero-order valence-electron chi connectivity index (χ0n) is 13.7. The maximum absolute atomic E-state index is 12.2. The molecule has 1 aromatic rings. The molecule has 0 aromatic carbocycles. The fourth-order valence-corrected chi connectivity index (χ4v) is 4.23. The number of amides is 1. The second kappa shape index (κ2) is 6.78. The standard InChI is InChI=1S/C18H27N3O/c1-3-18(22)21-12-6-9-17(21)16-8-5-11-20(16)14(2)15-7-4-10-19-13-15/h4,7,10,13-14,16-17H,3,5-6,8-9,11-12H2,1-2H3/t14-,16-,17+/m0/s1. The molecule has 22 heavy (non-hydrogen) atoms. The Bertz CT molecular complexity index is 504. The summed E-state index contributed by atoms with van der Waals surface area (Å²) in [6, 6.07) is 5.47. The van der Waals surface area contributed by atoms with E-state index < -0.39 is 0 Å². The summed E-state index contributed by atoms with van der Waals surface area (Å²) in [4.78, 5) is 21.2. The van der Waals surface area contributed by atoms with Gasteiger partial charge in [-0.15, -0.1) is 0 Å². The normalized spacial score (nSPS) is 27.3. The highest BCUT2D eigenvalue weighted by Crippen LogP contribution is 2.35. The number of pyridine rings is 1. The van der Waals surface area contributed by atoms with Gasteiger partial charge in [-0.3, -0.25) is 14.7 Å². The first-order valence-electron chi connectivity index (χ1n) is 8.67. The van der Waals surface area contributed by atoms with Crippen molar-refractivity contribution in [3.8, 4) is 0 Å². The van der Waals surface area contributed by atoms with Gasteiger partial charge in [-0.25, -0.2) is 0 Å². The van der Waals surface area contributed by atoms with Gasteiger partial charge < -0.3 is 4.90 Å². The van der Waals surface area contributed by atoms with Crippen LogP contribution < -0.4 is 0 Å². The molecule has 0 N–H and O–H groups in total. The highest BCUT2D eigenvalue weighted by Gasteiger charge is 2.40. The number of rotatable bonds is 4. The van der Waals surface area contributed by atoms with Gasteiger partial charge in [0.25, 0.3) is 0 Å². The van der Waals surface area contributed by atoms with Gasteiger partial charge in [-0.05, 0) is 50.8 Å². The molecular formula is C18H27N3O. The zero-order valence-corrected chi connectivity index (χ0v) is 13.7. The second-order valence-electron chi connectivity index (χ2n) is 6.56. The summed E-state index contributed by atoms with van der Waals surface area (Å²) in [5.74, 6) is 0.323. The van der Waals surface area contributed by atoms with Gasteiger partial charge >= 0.3 is 0 Å². The molecule has 1 amide bonds. The number of aromatic nitrogens is 1. The molecule has 4 heteroatoms. The Balaban J connectivity index is 1.77. The molecule has 0 saturated carbocycles. The largest absolute Gasteiger partial charge is 0.338 e. The number of carbonyl (C=O) groups is 1. The van der Waals surface area contributed by atoms with E-state index in [0.29, 0.717) is 30.5 Å². The minimum absolute atomic E-state index is 0.323. The summed E-state index contributed by atoms with van der Waals surface area (Å²) in [5.41, 5.74) is 1.28. The monoisotopic (exact) mass is 301 g/mol. The average molecular weight is 301 g/mol. The molecule has 2 aliphatic rings. The highest BCUT2D eigenvalue weighted by atomic mass is 16.2. The Morgan fingerprint density at radius 2 is 2.09 bits per heavy atom. The van der Waals surface area contributed by atoms with Crippen LogP contribution >= 0.6 is 0 Å². The average Bonchev–Trinajstić information content (AvgIpc) is 3.22. The van der Waals surface area contributed by atoms with Crippen molar-refractivity contribution < 1.29 is 4.79 Å². The predicted octanol–water partition coefficient (Wildman–Crippen LogP) is 3.01. The van der Waals surface area contributed by atoms with Crippen molar-refractivity contribution in [3.05, 3.63) is 30.1 Å².